The lowest BCUT2D eigenvalue weighted by molar-refractivity contribution is 0.312. The van der Waals surface area contributed by atoms with Gasteiger partial charge in [0.25, 0.3) is 0 Å². The predicted octanol–water partition coefficient (Wildman–Crippen LogP) is 3.03. The zero-order valence-corrected chi connectivity index (χ0v) is 12.3. The lowest BCUT2D eigenvalue weighted by Gasteiger charge is -2.13. The normalized spacial score (nSPS) is 12.2. The summed E-state index contributed by atoms with van der Waals surface area (Å²) in [5.41, 5.74) is 0. The standard InChI is InChI=1S/C12H15ClN4OS/c1-3-18-12-16-10(13)15-11(17-12)14-8(2)7-9-5-4-6-19-9/h4-6,8H,3,7H2,1-2H3,(H,14,15,16,17). The second-order valence-electron chi connectivity index (χ2n) is 3.97. The Hall–Kier alpha value is -1.40. The second kappa shape index (κ2) is 6.68. The van der Waals surface area contributed by atoms with Crippen molar-refractivity contribution in [2.24, 2.45) is 0 Å². The number of aromatic nitrogens is 3. The van der Waals surface area contributed by atoms with Crippen molar-refractivity contribution in [1.29, 1.82) is 0 Å². The molecular weight excluding hydrogens is 284 g/mol. The first-order chi connectivity index (χ1) is 9.17. The van der Waals surface area contributed by atoms with Crippen LogP contribution in [0.5, 0.6) is 6.01 Å². The quantitative estimate of drug-likeness (QED) is 0.888. The van der Waals surface area contributed by atoms with Crippen molar-refractivity contribution in [1.82, 2.24) is 15.0 Å². The molecule has 1 N–H and O–H groups in total. The van der Waals surface area contributed by atoms with E-state index in [1.54, 1.807) is 11.3 Å². The Morgan fingerprint density at radius 1 is 1.42 bits per heavy atom. The van der Waals surface area contributed by atoms with Crippen LogP contribution in [0.4, 0.5) is 5.95 Å². The van der Waals surface area contributed by atoms with Crippen molar-refractivity contribution in [2.75, 3.05) is 11.9 Å². The van der Waals surface area contributed by atoms with Crippen LogP contribution in [-0.4, -0.2) is 27.6 Å². The highest BCUT2D eigenvalue weighted by molar-refractivity contribution is 7.09. The van der Waals surface area contributed by atoms with Gasteiger partial charge in [-0.1, -0.05) is 6.07 Å². The van der Waals surface area contributed by atoms with Crippen molar-refractivity contribution < 1.29 is 4.74 Å². The minimum Gasteiger partial charge on any atom is -0.464 e. The number of rotatable bonds is 6. The van der Waals surface area contributed by atoms with Crippen LogP contribution in [0.3, 0.4) is 0 Å². The largest absolute Gasteiger partial charge is 0.464 e. The Bertz CT molecular complexity index is 520. The summed E-state index contributed by atoms with van der Waals surface area (Å²) in [6.07, 6.45) is 0.908. The van der Waals surface area contributed by atoms with Crippen LogP contribution < -0.4 is 10.1 Å². The van der Waals surface area contributed by atoms with E-state index in [-0.39, 0.29) is 17.3 Å². The van der Waals surface area contributed by atoms with Gasteiger partial charge in [-0.05, 0) is 36.9 Å². The molecule has 1 atom stereocenters. The van der Waals surface area contributed by atoms with Crippen LogP contribution >= 0.6 is 22.9 Å². The fourth-order valence-electron chi connectivity index (χ4n) is 1.59. The maximum Gasteiger partial charge on any atom is 0.322 e. The Morgan fingerprint density at radius 3 is 2.95 bits per heavy atom. The van der Waals surface area contributed by atoms with Crippen molar-refractivity contribution >= 4 is 28.9 Å². The number of nitrogens with zero attached hydrogens (tertiary/aromatic N) is 3. The molecular formula is C12H15ClN4OS. The Kier molecular flexibility index (Phi) is 4.93. The van der Waals surface area contributed by atoms with E-state index in [0.29, 0.717) is 12.6 Å². The molecule has 2 rings (SSSR count). The molecule has 102 valence electrons. The van der Waals surface area contributed by atoms with Gasteiger partial charge in [0.05, 0.1) is 6.61 Å². The highest BCUT2D eigenvalue weighted by atomic mass is 35.5. The zero-order chi connectivity index (χ0) is 13.7. The number of hydrogen-bond acceptors (Lipinski definition) is 6. The van der Waals surface area contributed by atoms with E-state index in [2.05, 4.69) is 38.6 Å². The molecule has 0 fully saturated rings. The highest BCUT2D eigenvalue weighted by Gasteiger charge is 2.09. The van der Waals surface area contributed by atoms with E-state index >= 15 is 0 Å². The van der Waals surface area contributed by atoms with Gasteiger partial charge in [-0.25, -0.2) is 0 Å². The maximum atomic E-state index is 5.83. The molecule has 19 heavy (non-hydrogen) atoms. The molecule has 0 aliphatic carbocycles. The molecule has 0 saturated heterocycles. The fourth-order valence-corrected chi connectivity index (χ4v) is 2.58. The van der Waals surface area contributed by atoms with E-state index in [4.69, 9.17) is 16.3 Å². The monoisotopic (exact) mass is 298 g/mol. The molecule has 0 bridgehead atoms. The number of nitrogens with one attached hydrogen (secondary N) is 1. The maximum absolute atomic E-state index is 5.83. The molecule has 1 unspecified atom stereocenters. The average Bonchev–Trinajstić information content (AvgIpc) is 2.81. The van der Waals surface area contributed by atoms with E-state index in [1.807, 2.05) is 13.0 Å². The SMILES string of the molecule is CCOc1nc(Cl)nc(NC(C)Cc2cccs2)n1. The molecule has 5 nitrogen and oxygen atoms in total. The number of halogens is 1. The molecule has 0 saturated carbocycles. The third kappa shape index (κ3) is 4.33. The number of anilines is 1. The molecule has 0 aliphatic rings. The van der Waals surface area contributed by atoms with Gasteiger partial charge in [-0.3, -0.25) is 0 Å². The van der Waals surface area contributed by atoms with Crippen LogP contribution in [0.15, 0.2) is 17.5 Å². The van der Waals surface area contributed by atoms with E-state index in [9.17, 15) is 0 Å². The van der Waals surface area contributed by atoms with Crippen molar-refractivity contribution in [3.8, 4) is 6.01 Å². The first kappa shape index (κ1) is 14.0. The van der Waals surface area contributed by atoms with Crippen molar-refractivity contribution in [3.63, 3.8) is 0 Å². The summed E-state index contributed by atoms with van der Waals surface area (Å²) in [5, 5.41) is 5.39. The molecule has 0 spiro atoms. The molecule has 0 aliphatic heterocycles. The summed E-state index contributed by atoms with van der Waals surface area (Å²) in [6, 6.07) is 4.59. The topological polar surface area (TPSA) is 59.9 Å². The first-order valence-electron chi connectivity index (χ1n) is 6.00. The Labute approximate surface area is 121 Å². The average molecular weight is 299 g/mol. The molecule has 7 heteroatoms. The first-order valence-corrected chi connectivity index (χ1v) is 7.26. The smallest absolute Gasteiger partial charge is 0.322 e. The third-order valence-electron chi connectivity index (χ3n) is 2.32. The van der Waals surface area contributed by atoms with E-state index < -0.39 is 0 Å². The van der Waals surface area contributed by atoms with Crippen LogP contribution in [0, 0.1) is 0 Å². The van der Waals surface area contributed by atoms with Crippen LogP contribution in [0.1, 0.15) is 18.7 Å². The summed E-state index contributed by atoms with van der Waals surface area (Å²) >= 11 is 7.56. The number of thiophene rings is 1. The van der Waals surface area contributed by atoms with Gasteiger partial charge >= 0.3 is 6.01 Å². The number of hydrogen-bond donors (Lipinski definition) is 1. The van der Waals surface area contributed by atoms with Gasteiger partial charge in [0, 0.05) is 17.3 Å². The summed E-state index contributed by atoms with van der Waals surface area (Å²) in [6.45, 7) is 4.42. The number of ether oxygens (including phenoxy) is 1. The molecule has 2 aromatic heterocycles. The summed E-state index contributed by atoms with van der Waals surface area (Å²) < 4.78 is 5.23. The van der Waals surface area contributed by atoms with Gasteiger partial charge in [-0.15, -0.1) is 11.3 Å². The fraction of sp³-hybridized carbons (Fsp3) is 0.417. The lowest BCUT2D eigenvalue weighted by atomic mass is 10.2. The molecule has 0 amide bonds. The third-order valence-corrected chi connectivity index (χ3v) is 3.39. The van der Waals surface area contributed by atoms with Crippen LogP contribution in [0.2, 0.25) is 5.28 Å². The van der Waals surface area contributed by atoms with E-state index in [0.717, 1.165) is 6.42 Å². The minimum absolute atomic E-state index is 0.129. The minimum atomic E-state index is 0.129. The second-order valence-corrected chi connectivity index (χ2v) is 5.34. The molecule has 0 aromatic carbocycles. The van der Waals surface area contributed by atoms with Crippen molar-refractivity contribution in [3.05, 3.63) is 27.7 Å². The zero-order valence-electron chi connectivity index (χ0n) is 10.8. The van der Waals surface area contributed by atoms with E-state index in [1.165, 1.54) is 4.88 Å². The van der Waals surface area contributed by atoms with Crippen LogP contribution in [0.25, 0.3) is 0 Å². The lowest BCUT2D eigenvalue weighted by Crippen LogP contribution is -2.19. The molecule has 2 aromatic rings. The summed E-state index contributed by atoms with van der Waals surface area (Å²) in [4.78, 5) is 13.4. The summed E-state index contributed by atoms with van der Waals surface area (Å²) in [7, 11) is 0. The summed E-state index contributed by atoms with van der Waals surface area (Å²) in [5.74, 6) is 0.438. The Morgan fingerprint density at radius 2 is 2.26 bits per heavy atom. The van der Waals surface area contributed by atoms with Crippen LogP contribution in [-0.2, 0) is 6.42 Å². The van der Waals surface area contributed by atoms with Gasteiger partial charge in [0.1, 0.15) is 0 Å². The van der Waals surface area contributed by atoms with Gasteiger partial charge in [0.2, 0.25) is 11.2 Å². The van der Waals surface area contributed by atoms with Gasteiger partial charge < -0.3 is 10.1 Å². The Balaban J connectivity index is 2.01. The van der Waals surface area contributed by atoms with Gasteiger partial charge in [0.15, 0.2) is 0 Å². The predicted molar refractivity (Wildman–Crippen MR) is 77.1 cm³/mol. The molecule has 0 radical (unpaired) electrons. The van der Waals surface area contributed by atoms with Crippen molar-refractivity contribution in [2.45, 2.75) is 26.3 Å². The highest BCUT2D eigenvalue weighted by Crippen LogP contribution is 2.15. The molecule has 2 heterocycles. The van der Waals surface area contributed by atoms with Gasteiger partial charge in [-0.2, -0.15) is 15.0 Å².